The Hall–Kier alpha value is -2.33. The summed E-state index contributed by atoms with van der Waals surface area (Å²) in [7, 11) is 0. The molecule has 2 N–H and O–H groups in total. The molecule has 0 saturated carbocycles. The molecule has 0 spiro atoms. The molecular formula is C15H11ClFN3. The minimum absolute atomic E-state index is 0.359. The Labute approximate surface area is 120 Å². The SMILES string of the molecule is Nc1ccc(F)c(-n2cncc2-c2cccc(Cl)c2)c1. The number of aromatic nitrogens is 2. The molecule has 5 heteroatoms. The molecule has 2 aromatic carbocycles. The Kier molecular flexibility index (Phi) is 3.16. The fourth-order valence-corrected chi connectivity index (χ4v) is 2.25. The lowest BCUT2D eigenvalue weighted by Gasteiger charge is -2.10. The Morgan fingerprint density at radius 3 is 2.80 bits per heavy atom. The molecule has 1 aromatic heterocycles. The number of hydrogen-bond acceptors (Lipinski definition) is 2. The third-order valence-corrected chi connectivity index (χ3v) is 3.22. The highest BCUT2D eigenvalue weighted by molar-refractivity contribution is 6.30. The number of halogens is 2. The van der Waals surface area contributed by atoms with E-state index in [0.29, 0.717) is 16.4 Å². The monoisotopic (exact) mass is 287 g/mol. The Morgan fingerprint density at radius 1 is 1.15 bits per heavy atom. The highest BCUT2D eigenvalue weighted by Crippen LogP contribution is 2.27. The van der Waals surface area contributed by atoms with Crippen LogP contribution in [0.15, 0.2) is 55.0 Å². The van der Waals surface area contributed by atoms with Gasteiger partial charge in [0.2, 0.25) is 0 Å². The Balaban J connectivity index is 2.18. The van der Waals surface area contributed by atoms with Crippen LogP contribution in [0.1, 0.15) is 0 Å². The normalized spacial score (nSPS) is 10.7. The van der Waals surface area contributed by atoms with Crippen molar-refractivity contribution in [2.75, 3.05) is 5.73 Å². The van der Waals surface area contributed by atoms with Crippen LogP contribution in [-0.4, -0.2) is 9.55 Å². The summed E-state index contributed by atoms with van der Waals surface area (Å²) in [6, 6.07) is 11.8. The first-order valence-electron chi connectivity index (χ1n) is 5.99. The molecule has 0 fully saturated rings. The zero-order chi connectivity index (χ0) is 14.1. The summed E-state index contributed by atoms with van der Waals surface area (Å²) >= 11 is 5.99. The molecule has 3 aromatic rings. The summed E-state index contributed by atoms with van der Waals surface area (Å²) in [5.74, 6) is -0.361. The maximum absolute atomic E-state index is 14.0. The fraction of sp³-hybridized carbons (Fsp3) is 0. The second-order valence-corrected chi connectivity index (χ2v) is 4.81. The van der Waals surface area contributed by atoms with Crippen LogP contribution in [-0.2, 0) is 0 Å². The first-order chi connectivity index (χ1) is 9.65. The summed E-state index contributed by atoms with van der Waals surface area (Å²) in [6.07, 6.45) is 3.21. The lowest BCUT2D eigenvalue weighted by molar-refractivity contribution is 0.619. The smallest absolute Gasteiger partial charge is 0.147 e. The number of nitrogens with two attached hydrogens (primary N) is 1. The van der Waals surface area contributed by atoms with Gasteiger partial charge in [0.25, 0.3) is 0 Å². The van der Waals surface area contributed by atoms with Crippen LogP contribution in [0.2, 0.25) is 5.02 Å². The number of anilines is 1. The highest BCUT2D eigenvalue weighted by atomic mass is 35.5. The highest BCUT2D eigenvalue weighted by Gasteiger charge is 2.11. The van der Waals surface area contributed by atoms with Gasteiger partial charge in [0.1, 0.15) is 5.82 Å². The van der Waals surface area contributed by atoms with Gasteiger partial charge in [0, 0.05) is 16.3 Å². The molecule has 20 heavy (non-hydrogen) atoms. The van der Waals surface area contributed by atoms with Crippen LogP contribution in [0.3, 0.4) is 0 Å². The van der Waals surface area contributed by atoms with E-state index in [1.54, 1.807) is 35.3 Å². The van der Waals surface area contributed by atoms with Crippen LogP contribution in [0.25, 0.3) is 16.9 Å². The van der Waals surface area contributed by atoms with Crippen molar-refractivity contribution in [1.82, 2.24) is 9.55 Å². The molecule has 0 radical (unpaired) electrons. The number of hydrogen-bond donors (Lipinski definition) is 1. The van der Waals surface area contributed by atoms with Gasteiger partial charge in [0.05, 0.1) is 23.9 Å². The van der Waals surface area contributed by atoms with Crippen molar-refractivity contribution >= 4 is 17.3 Å². The average molecular weight is 288 g/mol. The summed E-state index contributed by atoms with van der Waals surface area (Å²) in [5.41, 5.74) is 8.18. The lowest BCUT2D eigenvalue weighted by atomic mass is 10.1. The second-order valence-electron chi connectivity index (χ2n) is 4.37. The maximum Gasteiger partial charge on any atom is 0.147 e. The van der Waals surface area contributed by atoms with E-state index in [2.05, 4.69) is 4.98 Å². The zero-order valence-electron chi connectivity index (χ0n) is 10.4. The van der Waals surface area contributed by atoms with Crippen molar-refractivity contribution in [3.8, 4) is 16.9 Å². The van der Waals surface area contributed by atoms with Gasteiger partial charge >= 0.3 is 0 Å². The van der Waals surface area contributed by atoms with E-state index in [1.165, 1.54) is 12.1 Å². The number of nitrogens with zero attached hydrogens (tertiary/aromatic N) is 2. The van der Waals surface area contributed by atoms with E-state index in [4.69, 9.17) is 17.3 Å². The van der Waals surface area contributed by atoms with Crippen molar-refractivity contribution in [3.05, 3.63) is 65.8 Å². The third-order valence-electron chi connectivity index (χ3n) is 2.99. The molecule has 0 saturated heterocycles. The summed E-state index contributed by atoms with van der Waals surface area (Å²) in [4.78, 5) is 4.09. The van der Waals surface area contributed by atoms with Gasteiger partial charge in [-0.25, -0.2) is 9.37 Å². The van der Waals surface area contributed by atoms with Crippen LogP contribution in [0.4, 0.5) is 10.1 Å². The predicted octanol–water partition coefficient (Wildman–Crippen LogP) is 3.91. The molecule has 1 heterocycles. The first kappa shape index (κ1) is 12.7. The van der Waals surface area contributed by atoms with Crippen LogP contribution in [0, 0.1) is 5.82 Å². The van der Waals surface area contributed by atoms with E-state index in [9.17, 15) is 4.39 Å². The van der Waals surface area contributed by atoms with Crippen molar-refractivity contribution in [2.24, 2.45) is 0 Å². The van der Waals surface area contributed by atoms with Gasteiger partial charge in [-0.3, -0.25) is 4.57 Å². The minimum Gasteiger partial charge on any atom is -0.399 e. The number of imidazole rings is 1. The standard InChI is InChI=1S/C15H11ClFN3/c16-11-3-1-2-10(6-11)15-8-19-9-20(15)14-7-12(18)4-5-13(14)17/h1-9H,18H2. The fourth-order valence-electron chi connectivity index (χ4n) is 2.06. The molecule has 0 aliphatic rings. The third kappa shape index (κ3) is 2.26. The van der Waals surface area contributed by atoms with Gasteiger partial charge < -0.3 is 5.73 Å². The molecule has 100 valence electrons. The molecular weight excluding hydrogens is 277 g/mol. The van der Waals surface area contributed by atoms with Crippen molar-refractivity contribution in [3.63, 3.8) is 0 Å². The van der Waals surface area contributed by atoms with Crippen LogP contribution in [0.5, 0.6) is 0 Å². The molecule has 0 aliphatic heterocycles. The average Bonchev–Trinajstić information content (AvgIpc) is 2.90. The van der Waals surface area contributed by atoms with Crippen molar-refractivity contribution in [1.29, 1.82) is 0 Å². The summed E-state index contributed by atoms with van der Waals surface area (Å²) in [5, 5.41) is 0.614. The quantitative estimate of drug-likeness (QED) is 0.726. The number of benzene rings is 2. The Morgan fingerprint density at radius 2 is 2.00 bits per heavy atom. The Bertz CT molecular complexity index is 767. The summed E-state index contributed by atoms with van der Waals surface area (Å²) < 4.78 is 15.6. The number of nitrogen functional groups attached to an aromatic ring is 1. The largest absolute Gasteiger partial charge is 0.399 e. The van der Waals surface area contributed by atoms with Crippen LogP contribution < -0.4 is 5.73 Å². The maximum atomic E-state index is 14.0. The zero-order valence-corrected chi connectivity index (χ0v) is 11.2. The minimum atomic E-state index is -0.361. The first-order valence-corrected chi connectivity index (χ1v) is 6.36. The molecule has 0 aliphatic carbocycles. The molecule has 0 atom stereocenters. The van der Waals surface area contributed by atoms with E-state index < -0.39 is 0 Å². The van der Waals surface area contributed by atoms with E-state index in [0.717, 1.165) is 11.3 Å². The number of rotatable bonds is 2. The lowest BCUT2D eigenvalue weighted by Crippen LogP contribution is -2.00. The van der Waals surface area contributed by atoms with Crippen LogP contribution >= 0.6 is 11.6 Å². The molecule has 0 bridgehead atoms. The molecule has 0 amide bonds. The van der Waals surface area contributed by atoms with E-state index in [-0.39, 0.29) is 5.82 Å². The molecule has 3 rings (SSSR count). The molecule has 3 nitrogen and oxygen atoms in total. The van der Waals surface area contributed by atoms with Gasteiger partial charge in [-0.15, -0.1) is 0 Å². The van der Waals surface area contributed by atoms with Gasteiger partial charge in [-0.05, 0) is 30.3 Å². The van der Waals surface area contributed by atoms with Gasteiger partial charge in [0.15, 0.2) is 0 Å². The van der Waals surface area contributed by atoms with E-state index >= 15 is 0 Å². The van der Waals surface area contributed by atoms with Crippen molar-refractivity contribution in [2.45, 2.75) is 0 Å². The van der Waals surface area contributed by atoms with E-state index in [1.807, 2.05) is 12.1 Å². The van der Waals surface area contributed by atoms with Gasteiger partial charge in [-0.2, -0.15) is 0 Å². The predicted molar refractivity (Wildman–Crippen MR) is 78.4 cm³/mol. The van der Waals surface area contributed by atoms with Crippen molar-refractivity contribution < 1.29 is 4.39 Å². The molecule has 0 unspecified atom stereocenters. The topological polar surface area (TPSA) is 43.8 Å². The second kappa shape index (κ2) is 4.98. The van der Waals surface area contributed by atoms with Gasteiger partial charge in [-0.1, -0.05) is 23.7 Å². The summed E-state index contributed by atoms with van der Waals surface area (Å²) in [6.45, 7) is 0.